The quantitative estimate of drug-likeness (QED) is 0.831. The molecule has 1 fully saturated rings. The zero-order chi connectivity index (χ0) is 13.8. The van der Waals surface area contributed by atoms with E-state index in [1.54, 1.807) is 0 Å². The number of aryl methyl sites for hydroxylation is 1. The molecule has 0 aliphatic carbocycles. The maximum absolute atomic E-state index is 12.3. The fraction of sp³-hybridized carbons (Fsp3) is 0.643. The van der Waals surface area contributed by atoms with Crippen LogP contribution in [-0.4, -0.2) is 33.7 Å². The lowest BCUT2D eigenvalue weighted by Crippen LogP contribution is -2.39. The van der Waals surface area contributed by atoms with Gasteiger partial charge in [0, 0.05) is 25.7 Å². The summed E-state index contributed by atoms with van der Waals surface area (Å²) in [7, 11) is 0. The predicted molar refractivity (Wildman–Crippen MR) is 73.1 cm³/mol. The van der Waals surface area contributed by atoms with E-state index in [0.29, 0.717) is 18.2 Å². The summed E-state index contributed by atoms with van der Waals surface area (Å²) in [6, 6.07) is 2.97. The summed E-state index contributed by atoms with van der Waals surface area (Å²) < 4.78 is 1.37. The van der Waals surface area contributed by atoms with Gasteiger partial charge in [-0.1, -0.05) is 13.8 Å². The Morgan fingerprint density at radius 3 is 2.68 bits per heavy atom. The zero-order valence-electron chi connectivity index (χ0n) is 11.6. The molecule has 0 saturated carbocycles. The van der Waals surface area contributed by atoms with Crippen molar-refractivity contribution in [2.75, 3.05) is 13.1 Å². The Bertz CT molecular complexity index is 502. The van der Waals surface area contributed by atoms with Crippen LogP contribution in [0, 0.1) is 5.92 Å². The number of rotatable bonds is 3. The maximum atomic E-state index is 12.3. The molecular formula is C14H21N3O2. The van der Waals surface area contributed by atoms with Gasteiger partial charge in [-0.05, 0) is 31.2 Å². The first kappa shape index (κ1) is 13.8. The Kier molecular flexibility index (Phi) is 4.35. The van der Waals surface area contributed by atoms with Gasteiger partial charge >= 0.3 is 0 Å². The second-order valence-corrected chi connectivity index (χ2v) is 5.25. The van der Waals surface area contributed by atoms with Gasteiger partial charge in [-0.15, -0.1) is 0 Å². The number of piperidine rings is 1. The molecule has 5 heteroatoms. The molecule has 1 aliphatic rings. The van der Waals surface area contributed by atoms with Crippen LogP contribution in [0.4, 0.5) is 0 Å². The first-order valence-corrected chi connectivity index (χ1v) is 6.99. The average molecular weight is 263 g/mol. The molecule has 19 heavy (non-hydrogen) atoms. The van der Waals surface area contributed by atoms with Crippen LogP contribution < -0.4 is 5.56 Å². The summed E-state index contributed by atoms with van der Waals surface area (Å²) in [5, 5.41) is 4.17. The number of hydrogen-bond acceptors (Lipinski definition) is 3. The second-order valence-electron chi connectivity index (χ2n) is 5.25. The molecule has 104 valence electrons. The zero-order valence-corrected chi connectivity index (χ0v) is 11.6. The van der Waals surface area contributed by atoms with Gasteiger partial charge in [0.1, 0.15) is 5.69 Å². The van der Waals surface area contributed by atoms with Crippen LogP contribution in [0.15, 0.2) is 16.9 Å². The third-order valence-corrected chi connectivity index (χ3v) is 3.59. The molecule has 0 atom stereocenters. The van der Waals surface area contributed by atoms with Crippen molar-refractivity contribution in [1.29, 1.82) is 0 Å². The maximum Gasteiger partial charge on any atom is 0.274 e. The molecule has 2 rings (SSSR count). The highest BCUT2D eigenvalue weighted by Crippen LogP contribution is 2.17. The first-order chi connectivity index (χ1) is 9.11. The molecule has 0 aromatic carbocycles. The average Bonchev–Trinajstić information content (AvgIpc) is 2.41. The number of likely N-dealkylation sites (tertiary alicyclic amines) is 1. The molecular weight excluding hydrogens is 242 g/mol. The molecule has 0 spiro atoms. The monoisotopic (exact) mass is 263 g/mol. The normalized spacial score (nSPS) is 16.6. The van der Waals surface area contributed by atoms with Crippen molar-refractivity contribution in [3.05, 3.63) is 28.2 Å². The fourth-order valence-electron chi connectivity index (χ4n) is 2.31. The highest BCUT2D eigenvalue weighted by Gasteiger charge is 2.22. The van der Waals surface area contributed by atoms with Gasteiger partial charge in [0.05, 0.1) is 0 Å². The fourth-order valence-corrected chi connectivity index (χ4v) is 2.31. The Hall–Kier alpha value is -1.65. The molecule has 2 heterocycles. The van der Waals surface area contributed by atoms with Crippen molar-refractivity contribution in [2.24, 2.45) is 5.92 Å². The molecule has 1 aromatic heterocycles. The van der Waals surface area contributed by atoms with E-state index < -0.39 is 0 Å². The van der Waals surface area contributed by atoms with E-state index in [2.05, 4.69) is 12.0 Å². The third-order valence-electron chi connectivity index (χ3n) is 3.59. The minimum Gasteiger partial charge on any atom is -0.337 e. The lowest BCUT2D eigenvalue weighted by atomic mass is 9.99. The molecule has 1 amide bonds. The van der Waals surface area contributed by atoms with Crippen LogP contribution in [0.3, 0.4) is 0 Å². The van der Waals surface area contributed by atoms with Crippen LogP contribution in [0.5, 0.6) is 0 Å². The van der Waals surface area contributed by atoms with Gasteiger partial charge in [0.15, 0.2) is 0 Å². The van der Waals surface area contributed by atoms with Crippen LogP contribution in [0.2, 0.25) is 0 Å². The third kappa shape index (κ3) is 3.22. The summed E-state index contributed by atoms with van der Waals surface area (Å²) in [6.07, 6.45) is 2.91. The molecule has 0 radical (unpaired) electrons. The summed E-state index contributed by atoms with van der Waals surface area (Å²) in [5.41, 5.74) is 0.230. The highest BCUT2D eigenvalue weighted by molar-refractivity contribution is 5.92. The Morgan fingerprint density at radius 1 is 1.37 bits per heavy atom. The molecule has 5 nitrogen and oxygen atoms in total. The molecule has 0 N–H and O–H groups in total. The predicted octanol–water partition coefficient (Wildman–Crippen LogP) is 1.53. The lowest BCUT2D eigenvalue weighted by molar-refractivity contribution is 0.0688. The van der Waals surface area contributed by atoms with E-state index in [0.717, 1.165) is 32.4 Å². The largest absolute Gasteiger partial charge is 0.337 e. The van der Waals surface area contributed by atoms with E-state index in [9.17, 15) is 9.59 Å². The van der Waals surface area contributed by atoms with Gasteiger partial charge in [-0.25, -0.2) is 4.68 Å². The minimum absolute atomic E-state index is 0.0586. The van der Waals surface area contributed by atoms with Crippen LogP contribution >= 0.6 is 0 Å². The highest BCUT2D eigenvalue weighted by atomic mass is 16.2. The number of hydrogen-bond donors (Lipinski definition) is 0. The summed E-state index contributed by atoms with van der Waals surface area (Å²) in [5.74, 6) is 0.628. The van der Waals surface area contributed by atoms with Gasteiger partial charge in [0.2, 0.25) is 0 Å². The van der Waals surface area contributed by atoms with Gasteiger partial charge in [-0.3, -0.25) is 9.59 Å². The van der Waals surface area contributed by atoms with E-state index in [1.165, 1.54) is 16.8 Å². The minimum atomic E-state index is -0.148. The molecule has 0 bridgehead atoms. The number of aromatic nitrogens is 2. The van der Waals surface area contributed by atoms with Crippen molar-refractivity contribution in [3.63, 3.8) is 0 Å². The van der Waals surface area contributed by atoms with Crippen LogP contribution in [-0.2, 0) is 6.54 Å². The standard InChI is InChI=1S/C14H21N3O2/c1-3-8-17-13(18)5-4-12(15-17)14(19)16-9-6-11(2)7-10-16/h4-5,11H,3,6-10H2,1-2H3. The molecule has 1 aromatic rings. The van der Waals surface area contributed by atoms with E-state index >= 15 is 0 Å². The molecule has 1 saturated heterocycles. The SMILES string of the molecule is CCCn1nc(C(=O)N2CCC(C)CC2)ccc1=O. The number of amides is 1. The van der Waals surface area contributed by atoms with Crippen LogP contribution in [0.1, 0.15) is 43.6 Å². The first-order valence-electron chi connectivity index (χ1n) is 6.99. The lowest BCUT2D eigenvalue weighted by Gasteiger charge is -2.30. The smallest absolute Gasteiger partial charge is 0.274 e. The van der Waals surface area contributed by atoms with Gasteiger partial charge in [-0.2, -0.15) is 5.10 Å². The van der Waals surface area contributed by atoms with Crippen molar-refractivity contribution in [1.82, 2.24) is 14.7 Å². The second kappa shape index (κ2) is 5.99. The Morgan fingerprint density at radius 2 is 2.05 bits per heavy atom. The van der Waals surface area contributed by atoms with Crippen molar-refractivity contribution >= 4 is 5.91 Å². The van der Waals surface area contributed by atoms with Crippen molar-refractivity contribution < 1.29 is 4.79 Å². The topological polar surface area (TPSA) is 55.2 Å². The van der Waals surface area contributed by atoms with E-state index in [1.807, 2.05) is 11.8 Å². The van der Waals surface area contributed by atoms with Gasteiger partial charge in [0.25, 0.3) is 11.5 Å². The van der Waals surface area contributed by atoms with Crippen molar-refractivity contribution in [3.8, 4) is 0 Å². The molecule has 1 aliphatic heterocycles. The Balaban J connectivity index is 2.15. The summed E-state index contributed by atoms with van der Waals surface area (Å²) in [4.78, 5) is 25.7. The summed E-state index contributed by atoms with van der Waals surface area (Å²) in [6.45, 7) is 6.32. The molecule has 0 unspecified atom stereocenters. The van der Waals surface area contributed by atoms with Gasteiger partial charge < -0.3 is 4.90 Å². The van der Waals surface area contributed by atoms with E-state index in [4.69, 9.17) is 0 Å². The summed E-state index contributed by atoms with van der Waals surface area (Å²) >= 11 is 0. The van der Waals surface area contributed by atoms with Crippen LogP contribution in [0.25, 0.3) is 0 Å². The number of carbonyl (C=O) groups is 1. The van der Waals surface area contributed by atoms with Crippen molar-refractivity contribution in [2.45, 2.75) is 39.7 Å². The van der Waals surface area contributed by atoms with E-state index in [-0.39, 0.29) is 11.5 Å². The number of carbonyl (C=O) groups excluding carboxylic acids is 1. The Labute approximate surface area is 113 Å². The number of nitrogens with zero attached hydrogens (tertiary/aromatic N) is 3.